The molecule has 0 aliphatic heterocycles. The molecule has 1 aliphatic rings. The number of rotatable bonds is 8. The summed E-state index contributed by atoms with van der Waals surface area (Å²) in [6.45, 7) is 3.02. The molecule has 0 spiro atoms. The summed E-state index contributed by atoms with van der Waals surface area (Å²) in [7, 11) is -1.94. The number of nitrogens with one attached hydrogen (secondary N) is 1. The van der Waals surface area contributed by atoms with Gasteiger partial charge >= 0.3 is 0 Å². The maximum atomic E-state index is 12.5. The van der Waals surface area contributed by atoms with E-state index in [1.807, 2.05) is 0 Å². The molecule has 0 heterocycles. The van der Waals surface area contributed by atoms with Gasteiger partial charge in [0.1, 0.15) is 5.75 Å². The maximum absolute atomic E-state index is 12.5. The topological polar surface area (TPSA) is 81.4 Å². The van der Waals surface area contributed by atoms with Crippen LogP contribution in [0.5, 0.6) is 5.75 Å². The zero-order chi connectivity index (χ0) is 15.5. The van der Waals surface area contributed by atoms with E-state index in [0.717, 1.165) is 19.3 Å². The van der Waals surface area contributed by atoms with E-state index in [4.69, 9.17) is 10.5 Å². The van der Waals surface area contributed by atoms with E-state index in [-0.39, 0.29) is 5.41 Å². The molecule has 1 aromatic carbocycles. The highest BCUT2D eigenvalue weighted by molar-refractivity contribution is 7.89. The van der Waals surface area contributed by atoms with Crippen LogP contribution in [0.1, 0.15) is 31.7 Å². The number of hydrogen-bond acceptors (Lipinski definition) is 4. The van der Waals surface area contributed by atoms with Crippen molar-refractivity contribution in [2.75, 3.05) is 20.2 Å². The van der Waals surface area contributed by atoms with Gasteiger partial charge in [0.25, 0.3) is 0 Å². The number of ether oxygens (including phenoxy) is 1. The molecular weight excluding hydrogens is 288 g/mol. The zero-order valence-corrected chi connectivity index (χ0v) is 13.5. The minimum atomic E-state index is -3.50. The fourth-order valence-corrected chi connectivity index (χ4v) is 3.86. The van der Waals surface area contributed by atoms with Crippen LogP contribution in [-0.4, -0.2) is 28.6 Å². The third-order valence-electron chi connectivity index (χ3n) is 4.32. The highest BCUT2D eigenvalue weighted by Gasteiger charge is 2.41. The van der Waals surface area contributed by atoms with E-state index in [9.17, 15) is 8.42 Å². The summed E-state index contributed by atoms with van der Waals surface area (Å²) in [5.41, 5.74) is 6.46. The summed E-state index contributed by atoms with van der Waals surface area (Å²) in [6, 6.07) is 5.01. The first-order valence-electron chi connectivity index (χ1n) is 7.33. The summed E-state index contributed by atoms with van der Waals surface area (Å²) >= 11 is 0. The van der Waals surface area contributed by atoms with Gasteiger partial charge < -0.3 is 10.5 Å². The lowest BCUT2D eigenvalue weighted by Gasteiger charge is -2.16. The zero-order valence-electron chi connectivity index (χ0n) is 12.7. The molecule has 21 heavy (non-hydrogen) atoms. The Labute approximate surface area is 126 Å². The fourth-order valence-electron chi connectivity index (χ4n) is 2.45. The lowest BCUT2D eigenvalue weighted by molar-refractivity contribution is 0.413. The van der Waals surface area contributed by atoms with Crippen LogP contribution in [0.2, 0.25) is 0 Å². The van der Waals surface area contributed by atoms with Gasteiger partial charge in [0, 0.05) is 6.54 Å². The van der Waals surface area contributed by atoms with Crippen molar-refractivity contribution in [1.82, 2.24) is 4.72 Å². The molecule has 5 nitrogen and oxygen atoms in total. The molecule has 118 valence electrons. The molecule has 1 aromatic rings. The van der Waals surface area contributed by atoms with Crippen molar-refractivity contribution in [3.8, 4) is 5.75 Å². The maximum Gasteiger partial charge on any atom is 0.240 e. The minimum absolute atomic E-state index is 0.174. The first-order chi connectivity index (χ1) is 9.96. The summed E-state index contributed by atoms with van der Waals surface area (Å²) in [5.74, 6) is 0.643. The molecule has 0 amide bonds. The Hall–Kier alpha value is -1.11. The van der Waals surface area contributed by atoms with Crippen molar-refractivity contribution < 1.29 is 13.2 Å². The van der Waals surface area contributed by atoms with Crippen molar-refractivity contribution in [1.29, 1.82) is 0 Å². The molecule has 0 unspecified atom stereocenters. The van der Waals surface area contributed by atoms with Crippen molar-refractivity contribution in [2.24, 2.45) is 11.1 Å². The third kappa shape index (κ3) is 3.75. The van der Waals surface area contributed by atoms with Crippen LogP contribution in [0.4, 0.5) is 0 Å². The Morgan fingerprint density at radius 1 is 1.38 bits per heavy atom. The van der Waals surface area contributed by atoms with Gasteiger partial charge in [-0.1, -0.05) is 6.92 Å². The Balaban J connectivity index is 2.22. The molecule has 0 atom stereocenters. The van der Waals surface area contributed by atoms with E-state index in [0.29, 0.717) is 35.7 Å². The van der Waals surface area contributed by atoms with E-state index < -0.39 is 10.0 Å². The molecule has 0 aromatic heterocycles. The van der Waals surface area contributed by atoms with E-state index >= 15 is 0 Å². The van der Waals surface area contributed by atoms with Gasteiger partial charge in [-0.2, -0.15) is 0 Å². The number of methoxy groups -OCH3 is 1. The quantitative estimate of drug-likeness (QED) is 0.765. The second-order valence-electron chi connectivity index (χ2n) is 5.69. The second-order valence-corrected chi connectivity index (χ2v) is 7.43. The Morgan fingerprint density at radius 3 is 2.62 bits per heavy atom. The van der Waals surface area contributed by atoms with Gasteiger partial charge in [0.15, 0.2) is 0 Å². The van der Waals surface area contributed by atoms with E-state index in [2.05, 4.69) is 11.6 Å². The molecule has 2 rings (SSSR count). The van der Waals surface area contributed by atoms with Crippen LogP contribution in [0.25, 0.3) is 0 Å². The normalized spacial score (nSPS) is 16.7. The summed E-state index contributed by atoms with van der Waals surface area (Å²) in [5, 5.41) is 0. The first kappa shape index (κ1) is 16.3. The van der Waals surface area contributed by atoms with Crippen LogP contribution in [0.3, 0.4) is 0 Å². The second kappa shape index (κ2) is 6.34. The number of nitrogens with two attached hydrogens (primary N) is 1. The Bertz CT molecular complexity index is 595. The van der Waals surface area contributed by atoms with Gasteiger partial charge in [-0.15, -0.1) is 0 Å². The van der Waals surface area contributed by atoms with Crippen molar-refractivity contribution >= 4 is 10.0 Å². The lowest BCUT2D eigenvalue weighted by atomic mass is 10.1. The van der Waals surface area contributed by atoms with Gasteiger partial charge in [0.05, 0.1) is 12.0 Å². The molecule has 0 bridgehead atoms. The average Bonchev–Trinajstić information content (AvgIpc) is 3.26. The van der Waals surface area contributed by atoms with Crippen LogP contribution >= 0.6 is 0 Å². The van der Waals surface area contributed by atoms with Gasteiger partial charge in [-0.05, 0) is 61.4 Å². The molecular formula is C15H24N2O3S. The standard InChI is InChI=1S/C15H24N2O3S/c1-3-15(7-8-15)11-17-21(18,19)14-5-4-13(20-2)10-12(14)6-9-16/h4-5,10,17H,3,6-9,11,16H2,1-2H3. The van der Waals surface area contributed by atoms with E-state index in [1.54, 1.807) is 25.3 Å². The third-order valence-corrected chi connectivity index (χ3v) is 5.82. The molecule has 6 heteroatoms. The molecule has 0 radical (unpaired) electrons. The molecule has 1 aliphatic carbocycles. The largest absolute Gasteiger partial charge is 0.497 e. The van der Waals surface area contributed by atoms with Gasteiger partial charge in [-0.3, -0.25) is 0 Å². The predicted octanol–water partition coefficient (Wildman–Crippen LogP) is 1.66. The van der Waals surface area contributed by atoms with Gasteiger partial charge in [0.2, 0.25) is 10.0 Å². The highest BCUT2D eigenvalue weighted by atomic mass is 32.2. The molecule has 3 N–H and O–H groups in total. The first-order valence-corrected chi connectivity index (χ1v) is 8.81. The highest BCUT2D eigenvalue weighted by Crippen LogP contribution is 2.48. The average molecular weight is 312 g/mol. The summed E-state index contributed by atoms with van der Waals surface area (Å²) in [6.07, 6.45) is 3.72. The SMILES string of the molecule is CCC1(CNS(=O)(=O)c2ccc(OC)cc2CCN)CC1. The summed E-state index contributed by atoms with van der Waals surface area (Å²) in [4.78, 5) is 0.306. The van der Waals surface area contributed by atoms with Gasteiger partial charge in [-0.25, -0.2) is 13.1 Å². The van der Waals surface area contributed by atoms with Crippen molar-refractivity contribution in [3.63, 3.8) is 0 Å². The van der Waals surface area contributed by atoms with Crippen molar-refractivity contribution in [3.05, 3.63) is 23.8 Å². The monoisotopic (exact) mass is 312 g/mol. The molecule has 1 saturated carbocycles. The molecule has 0 saturated heterocycles. The Kier molecular flexibility index (Phi) is 4.91. The number of sulfonamides is 1. The van der Waals surface area contributed by atoms with Crippen LogP contribution in [0.15, 0.2) is 23.1 Å². The minimum Gasteiger partial charge on any atom is -0.497 e. The predicted molar refractivity (Wildman–Crippen MR) is 82.9 cm³/mol. The van der Waals surface area contributed by atoms with Crippen LogP contribution in [0, 0.1) is 5.41 Å². The van der Waals surface area contributed by atoms with Crippen molar-refractivity contribution in [2.45, 2.75) is 37.5 Å². The fraction of sp³-hybridized carbons (Fsp3) is 0.600. The molecule has 1 fully saturated rings. The lowest BCUT2D eigenvalue weighted by Crippen LogP contribution is -2.31. The van der Waals surface area contributed by atoms with Crippen LogP contribution < -0.4 is 15.2 Å². The smallest absolute Gasteiger partial charge is 0.240 e. The number of hydrogen-bond donors (Lipinski definition) is 2. The van der Waals surface area contributed by atoms with E-state index in [1.165, 1.54) is 0 Å². The number of benzene rings is 1. The Morgan fingerprint density at radius 2 is 2.10 bits per heavy atom. The summed E-state index contributed by atoms with van der Waals surface area (Å²) < 4.78 is 33.0. The van der Waals surface area contributed by atoms with Crippen LogP contribution in [-0.2, 0) is 16.4 Å².